The van der Waals surface area contributed by atoms with E-state index in [1.165, 1.54) is 5.57 Å². The highest BCUT2D eigenvalue weighted by atomic mass is 32.2. The van der Waals surface area contributed by atoms with E-state index < -0.39 is 0 Å². The van der Waals surface area contributed by atoms with E-state index in [4.69, 9.17) is 0 Å². The van der Waals surface area contributed by atoms with Gasteiger partial charge < -0.3 is 5.32 Å². The second-order valence-corrected chi connectivity index (χ2v) is 6.11. The number of thioether (sulfide) groups is 2. The minimum absolute atomic E-state index is 0.887. The third-order valence-electron chi connectivity index (χ3n) is 1.59. The Bertz CT molecular complexity index is 311. The highest BCUT2D eigenvalue weighted by Crippen LogP contribution is 2.27. The Morgan fingerprint density at radius 3 is 2.80 bits per heavy atom. The van der Waals surface area contributed by atoms with Gasteiger partial charge in [-0.25, -0.2) is 0 Å². The lowest BCUT2D eigenvalue weighted by molar-refractivity contribution is 0.779. The number of likely N-dealkylation sites (N-methyl/N-ethyl adjacent to an activating group) is 1. The molecule has 84 valence electrons. The first kappa shape index (κ1) is 13.0. The Labute approximate surface area is 103 Å². The quantitative estimate of drug-likeness (QED) is 0.603. The fourth-order valence-electron chi connectivity index (χ4n) is 0.855. The van der Waals surface area contributed by atoms with Gasteiger partial charge in [0, 0.05) is 12.3 Å². The molecule has 0 unspecified atom stereocenters. The van der Waals surface area contributed by atoms with E-state index >= 15 is 0 Å². The van der Waals surface area contributed by atoms with Crippen molar-refractivity contribution < 1.29 is 0 Å². The standard InChI is InChI=1S/C9H15N3S3/c1-4-10-5-7(2)6-14-9-12-11-8(13-3)15-9/h10H,2,4-6H2,1,3H3. The molecule has 0 aliphatic carbocycles. The zero-order chi connectivity index (χ0) is 11.1. The molecule has 15 heavy (non-hydrogen) atoms. The lowest BCUT2D eigenvalue weighted by Gasteiger charge is -2.03. The van der Waals surface area contributed by atoms with E-state index in [9.17, 15) is 0 Å². The largest absolute Gasteiger partial charge is 0.313 e. The molecule has 0 aliphatic rings. The van der Waals surface area contributed by atoms with Crippen LogP contribution in [-0.4, -0.2) is 35.3 Å². The summed E-state index contributed by atoms with van der Waals surface area (Å²) in [6, 6.07) is 0. The molecule has 0 saturated heterocycles. The van der Waals surface area contributed by atoms with Gasteiger partial charge in [-0.3, -0.25) is 0 Å². The molecule has 0 amide bonds. The highest BCUT2D eigenvalue weighted by Gasteiger charge is 2.04. The number of nitrogens with zero attached hydrogens (tertiary/aromatic N) is 2. The Balaban J connectivity index is 2.27. The van der Waals surface area contributed by atoms with Crippen LogP contribution in [0.5, 0.6) is 0 Å². The van der Waals surface area contributed by atoms with Crippen LogP contribution in [0.15, 0.2) is 20.8 Å². The minimum atomic E-state index is 0.887. The van der Waals surface area contributed by atoms with Gasteiger partial charge in [0.2, 0.25) is 0 Å². The van der Waals surface area contributed by atoms with Crippen LogP contribution in [0.4, 0.5) is 0 Å². The summed E-state index contributed by atoms with van der Waals surface area (Å²) < 4.78 is 2.05. The molecule has 0 spiro atoms. The van der Waals surface area contributed by atoms with Crippen LogP contribution in [0.25, 0.3) is 0 Å². The first-order chi connectivity index (χ1) is 7.26. The van der Waals surface area contributed by atoms with E-state index in [0.29, 0.717) is 0 Å². The molecule has 0 bridgehead atoms. The molecule has 6 heteroatoms. The summed E-state index contributed by atoms with van der Waals surface area (Å²) in [6.07, 6.45) is 2.01. The zero-order valence-electron chi connectivity index (χ0n) is 8.95. The minimum Gasteiger partial charge on any atom is -0.313 e. The van der Waals surface area contributed by atoms with E-state index in [2.05, 4.69) is 29.0 Å². The van der Waals surface area contributed by atoms with Gasteiger partial charge in [-0.2, -0.15) is 0 Å². The summed E-state index contributed by atoms with van der Waals surface area (Å²) in [7, 11) is 0. The van der Waals surface area contributed by atoms with E-state index in [0.717, 1.165) is 27.5 Å². The van der Waals surface area contributed by atoms with Crippen LogP contribution in [0.3, 0.4) is 0 Å². The van der Waals surface area contributed by atoms with Gasteiger partial charge >= 0.3 is 0 Å². The maximum Gasteiger partial charge on any atom is 0.175 e. The molecule has 0 aliphatic heterocycles. The molecule has 0 saturated carbocycles. The Morgan fingerprint density at radius 2 is 2.20 bits per heavy atom. The van der Waals surface area contributed by atoms with Crippen LogP contribution < -0.4 is 5.32 Å². The molecule has 1 aromatic heterocycles. The molecule has 1 N–H and O–H groups in total. The smallest absolute Gasteiger partial charge is 0.175 e. The topological polar surface area (TPSA) is 37.8 Å². The number of rotatable bonds is 7. The Hall–Kier alpha value is -0.0400. The summed E-state index contributed by atoms with van der Waals surface area (Å²) in [5.74, 6) is 0.913. The molecule has 1 aromatic rings. The third-order valence-corrected chi connectivity index (χ3v) is 4.77. The fraction of sp³-hybridized carbons (Fsp3) is 0.556. The van der Waals surface area contributed by atoms with Gasteiger partial charge in [0.1, 0.15) is 0 Å². The van der Waals surface area contributed by atoms with Crippen molar-refractivity contribution in [2.75, 3.05) is 25.1 Å². The van der Waals surface area contributed by atoms with E-state index in [1.54, 1.807) is 34.9 Å². The number of nitrogens with one attached hydrogen (secondary N) is 1. The van der Waals surface area contributed by atoms with Crippen LogP contribution in [0.1, 0.15) is 6.92 Å². The normalized spacial score (nSPS) is 10.5. The van der Waals surface area contributed by atoms with Crippen molar-refractivity contribution in [3.05, 3.63) is 12.2 Å². The molecule has 0 fully saturated rings. The van der Waals surface area contributed by atoms with Crippen LogP contribution in [0, 0.1) is 0 Å². The second-order valence-electron chi connectivity index (χ2n) is 2.86. The fourth-order valence-corrected chi connectivity index (χ4v) is 3.20. The van der Waals surface area contributed by atoms with Crippen molar-refractivity contribution in [1.29, 1.82) is 0 Å². The lowest BCUT2D eigenvalue weighted by atomic mass is 10.3. The molecule has 0 atom stereocenters. The van der Waals surface area contributed by atoms with Gasteiger partial charge in [-0.1, -0.05) is 53.9 Å². The summed E-state index contributed by atoms with van der Waals surface area (Å²) in [4.78, 5) is 0. The second kappa shape index (κ2) is 7.27. The van der Waals surface area contributed by atoms with Crippen molar-refractivity contribution in [3.63, 3.8) is 0 Å². The van der Waals surface area contributed by atoms with E-state index in [1.807, 2.05) is 6.26 Å². The van der Waals surface area contributed by atoms with Crippen LogP contribution >= 0.6 is 34.9 Å². The maximum absolute atomic E-state index is 4.09. The van der Waals surface area contributed by atoms with Crippen molar-refractivity contribution >= 4 is 34.9 Å². The van der Waals surface area contributed by atoms with Gasteiger partial charge in [0.05, 0.1) is 0 Å². The number of aromatic nitrogens is 2. The molecule has 3 nitrogen and oxygen atoms in total. The molecule has 1 rings (SSSR count). The third kappa shape index (κ3) is 5.01. The predicted molar refractivity (Wildman–Crippen MR) is 70.1 cm³/mol. The Morgan fingerprint density at radius 1 is 1.47 bits per heavy atom. The summed E-state index contributed by atoms with van der Waals surface area (Å²) in [6.45, 7) is 7.97. The number of hydrogen-bond donors (Lipinski definition) is 1. The van der Waals surface area contributed by atoms with Crippen LogP contribution in [0.2, 0.25) is 0 Å². The SMILES string of the molecule is C=C(CNCC)CSc1nnc(SC)s1. The monoisotopic (exact) mass is 261 g/mol. The van der Waals surface area contributed by atoms with Gasteiger partial charge in [0.25, 0.3) is 0 Å². The Kier molecular flexibility index (Phi) is 6.31. The molecule has 0 aromatic carbocycles. The molecule has 0 radical (unpaired) electrons. The average molecular weight is 261 g/mol. The van der Waals surface area contributed by atoms with Crippen molar-refractivity contribution in [2.24, 2.45) is 0 Å². The zero-order valence-corrected chi connectivity index (χ0v) is 11.4. The first-order valence-corrected chi connectivity index (χ1v) is 7.66. The average Bonchev–Trinajstić information content (AvgIpc) is 2.71. The van der Waals surface area contributed by atoms with E-state index in [-0.39, 0.29) is 0 Å². The summed E-state index contributed by atoms with van der Waals surface area (Å²) in [5.41, 5.74) is 1.20. The van der Waals surface area contributed by atoms with Crippen molar-refractivity contribution in [3.8, 4) is 0 Å². The highest BCUT2D eigenvalue weighted by molar-refractivity contribution is 8.03. The first-order valence-electron chi connectivity index (χ1n) is 4.64. The molecular formula is C9H15N3S3. The van der Waals surface area contributed by atoms with Gasteiger partial charge in [-0.05, 0) is 12.8 Å². The predicted octanol–water partition coefficient (Wildman–Crippen LogP) is 2.52. The van der Waals surface area contributed by atoms with Gasteiger partial charge in [-0.15, -0.1) is 10.2 Å². The van der Waals surface area contributed by atoms with Crippen molar-refractivity contribution in [2.45, 2.75) is 15.6 Å². The van der Waals surface area contributed by atoms with Crippen molar-refractivity contribution in [1.82, 2.24) is 15.5 Å². The van der Waals surface area contributed by atoms with Crippen LogP contribution in [-0.2, 0) is 0 Å². The summed E-state index contributed by atoms with van der Waals surface area (Å²) >= 11 is 4.98. The molecular weight excluding hydrogens is 246 g/mol. The maximum atomic E-state index is 4.09. The number of hydrogen-bond acceptors (Lipinski definition) is 6. The van der Waals surface area contributed by atoms with Gasteiger partial charge in [0.15, 0.2) is 8.68 Å². The lowest BCUT2D eigenvalue weighted by Crippen LogP contribution is -2.16. The summed E-state index contributed by atoms with van der Waals surface area (Å²) in [5, 5.41) is 11.4. The molecule has 1 heterocycles.